The minimum Gasteiger partial charge on any atom is -0.382 e. The van der Waals surface area contributed by atoms with E-state index < -0.39 is 79.3 Å². The molecule has 3 aromatic carbocycles. The summed E-state index contributed by atoms with van der Waals surface area (Å²) in [5.41, 5.74) is 7.33. The van der Waals surface area contributed by atoms with Crippen LogP contribution in [0.4, 0.5) is 17.6 Å². The lowest BCUT2D eigenvalue weighted by Gasteiger charge is -2.27. The van der Waals surface area contributed by atoms with Gasteiger partial charge < -0.3 is 32.1 Å². The Balaban J connectivity index is 1.63. The molecule has 256 valence electrons. The van der Waals surface area contributed by atoms with E-state index >= 15 is 0 Å². The van der Waals surface area contributed by atoms with Gasteiger partial charge in [-0.25, -0.2) is 4.39 Å². The zero-order valence-corrected chi connectivity index (χ0v) is 25.7. The number of carbonyl (C=O) groups excluding carboxylic acids is 5. The maximum atomic E-state index is 13.2. The predicted molar refractivity (Wildman–Crippen MR) is 166 cm³/mol. The average molecular weight is 674 g/mol. The number of aliphatic hydroxyl groups is 1. The molecule has 2 unspecified atom stereocenters. The van der Waals surface area contributed by atoms with Crippen molar-refractivity contribution in [3.8, 4) is 11.1 Å². The molecule has 4 atom stereocenters. The Morgan fingerprint density at radius 1 is 0.812 bits per heavy atom. The first kappa shape index (κ1) is 37.2. The van der Waals surface area contributed by atoms with Crippen molar-refractivity contribution in [2.24, 2.45) is 5.73 Å². The van der Waals surface area contributed by atoms with Crippen LogP contribution >= 0.6 is 0 Å². The summed E-state index contributed by atoms with van der Waals surface area (Å²) in [7, 11) is 0. The van der Waals surface area contributed by atoms with E-state index in [1.807, 2.05) is 5.32 Å². The number of nitrogens with two attached hydrogens (primary N) is 1. The van der Waals surface area contributed by atoms with Crippen LogP contribution in [0, 0.1) is 5.82 Å². The minimum atomic E-state index is -5.12. The van der Waals surface area contributed by atoms with Crippen molar-refractivity contribution in [1.29, 1.82) is 0 Å². The summed E-state index contributed by atoms with van der Waals surface area (Å²) in [6, 6.07) is 16.0. The van der Waals surface area contributed by atoms with Gasteiger partial charge in [-0.2, -0.15) is 13.2 Å². The van der Waals surface area contributed by atoms with Gasteiger partial charge in [-0.15, -0.1) is 0 Å². The highest BCUT2D eigenvalue weighted by atomic mass is 19.4. The van der Waals surface area contributed by atoms with Crippen LogP contribution in [-0.4, -0.2) is 71.6 Å². The lowest BCUT2D eigenvalue weighted by Crippen LogP contribution is -2.57. The molecule has 3 aromatic rings. The van der Waals surface area contributed by atoms with E-state index in [0.29, 0.717) is 5.56 Å². The Morgan fingerprint density at radius 2 is 1.40 bits per heavy atom. The summed E-state index contributed by atoms with van der Waals surface area (Å²) in [4.78, 5) is 62.5. The highest BCUT2D eigenvalue weighted by Gasteiger charge is 2.44. The summed E-state index contributed by atoms with van der Waals surface area (Å²) in [5, 5.41) is 19.0. The molecule has 5 amide bonds. The number of aliphatic hydroxyl groups excluding tert-OH is 1. The molecule has 0 aliphatic heterocycles. The fourth-order valence-electron chi connectivity index (χ4n) is 4.55. The number of rotatable bonds is 15. The van der Waals surface area contributed by atoms with Gasteiger partial charge in [-0.05, 0) is 54.3 Å². The lowest BCUT2D eigenvalue weighted by atomic mass is 10.0. The van der Waals surface area contributed by atoms with Gasteiger partial charge in [0, 0.05) is 18.4 Å². The number of halogens is 4. The van der Waals surface area contributed by atoms with Gasteiger partial charge in [0.15, 0.2) is 6.10 Å². The largest absolute Gasteiger partial charge is 0.416 e. The van der Waals surface area contributed by atoms with E-state index in [1.165, 1.54) is 31.2 Å². The number of carbonyl (C=O) groups is 5. The molecule has 15 heteroatoms. The second-order valence-electron chi connectivity index (χ2n) is 10.9. The molecular formula is C33H35F4N5O6. The normalized spacial score (nSPS) is 13.7. The fraction of sp³-hybridized carbons (Fsp3) is 0.303. The Hall–Kier alpha value is -5.31. The molecule has 0 radical (unpaired) electrons. The molecule has 11 nitrogen and oxygen atoms in total. The molecule has 0 saturated heterocycles. The third-order valence-corrected chi connectivity index (χ3v) is 7.17. The van der Waals surface area contributed by atoms with Gasteiger partial charge in [-0.3, -0.25) is 24.0 Å². The molecule has 0 spiro atoms. The fourth-order valence-corrected chi connectivity index (χ4v) is 4.55. The Labute approximate surface area is 273 Å². The Bertz CT molecular complexity index is 1570. The van der Waals surface area contributed by atoms with Crippen LogP contribution in [0.5, 0.6) is 0 Å². The van der Waals surface area contributed by atoms with Crippen LogP contribution in [0.3, 0.4) is 0 Å². The highest BCUT2D eigenvalue weighted by molar-refractivity contribution is 5.98. The molecule has 0 fully saturated rings. The second kappa shape index (κ2) is 17.0. The van der Waals surface area contributed by atoms with Gasteiger partial charge in [0.25, 0.3) is 5.91 Å². The highest BCUT2D eigenvalue weighted by Crippen LogP contribution is 2.24. The summed E-state index contributed by atoms with van der Waals surface area (Å²) < 4.78 is 52.7. The van der Waals surface area contributed by atoms with Crippen LogP contribution in [0.15, 0.2) is 78.9 Å². The van der Waals surface area contributed by atoms with E-state index in [9.17, 15) is 46.6 Å². The van der Waals surface area contributed by atoms with Crippen molar-refractivity contribution in [2.45, 2.75) is 56.6 Å². The average Bonchev–Trinajstić information content (AvgIpc) is 3.05. The molecule has 48 heavy (non-hydrogen) atoms. The number of benzene rings is 3. The molecule has 0 heterocycles. The summed E-state index contributed by atoms with van der Waals surface area (Å²) in [5.74, 6) is -4.62. The van der Waals surface area contributed by atoms with Crippen molar-refractivity contribution in [2.75, 3.05) is 6.54 Å². The van der Waals surface area contributed by atoms with Crippen LogP contribution in [0.2, 0.25) is 0 Å². The molecule has 0 saturated carbocycles. The third kappa shape index (κ3) is 11.5. The van der Waals surface area contributed by atoms with Gasteiger partial charge in [0.05, 0.1) is 12.6 Å². The van der Waals surface area contributed by atoms with E-state index in [-0.39, 0.29) is 17.8 Å². The van der Waals surface area contributed by atoms with Crippen LogP contribution in [0.1, 0.15) is 35.7 Å². The lowest BCUT2D eigenvalue weighted by molar-refractivity contribution is -0.212. The summed E-state index contributed by atoms with van der Waals surface area (Å²) in [6.45, 7) is 0.658. The third-order valence-electron chi connectivity index (χ3n) is 7.17. The molecule has 0 aliphatic carbocycles. The number of hydrogen-bond donors (Lipinski definition) is 6. The zero-order chi connectivity index (χ0) is 35.4. The van der Waals surface area contributed by atoms with Gasteiger partial charge in [-0.1, -0.05) is 54.6 Å². The molecule has 7 N–H and O–H groups in total. The van der Waals surface area contributed by atoms with Crippen LogP contribution in [-0.2, 0) is 25.6 Å². The quantitative estimate of drug-likeness (QED) is 0.135. The molecule has 0 bridgehead atoms. The van der Waals surface area contributed by atoms with Gasteiger partial charge in [0.1, 0.15) is 17.9 Å². The number of hydrogen-bond acceptors (Lipinski definition) is 6. The number of amides is 5. The first-order chi connectivity index (χ1) is 22.6. The van der Waals surface area contributed by atoms with Crippen LogP contribution in [0.25, 0.3) is 11.1 Å². The smallest absolute Gasteiger partial charge is 0.382 e. The molecular weight excluding hydrogens is 638 g/mol. The molecule has 0 aliphatic rings. The van der Waals surface area contributed by atoms with E-state index in [2.05, 4.69) is 16.0 Å². The maximum absolute atomic E-state index is 13.2. The first-order valence-corrected chi connectivity index (χ1v) is 14.8. The summed E-state index contributed by atoms with van der Waals surface area (Å²) >= 11 is 0. The number of primary amides is 1. The minimum absolute atomic E-state index is 0.0421. The van der Waals surface area contributed by atoms with Crippen molar-refractivity contribution < 1.29 is 46.6 Å². The topological polar surface area (TPSA) is 180 Å². The first-order valence-electron chi connectivity index (χ1n) is 14.8. The monoisotopic (exact) mass is 673 g/mol. The van der Waals surface area contributed by atoms with Crippen molar-refractivity contribution in [3.05, 3.63) is 95.8 Å². The predicted octanol–water partition coefficient (Wildman–Crippen LogP) is 2.13. The SMILES string of the molecule is C[C@H](NC(=O)[C@H](Cc1ccccc1)NC(=O)CNC(=O)c1ccc(-c2ccc(F)cc2)cc1)C(=O)NC(CCC(N)=O)C(O)C(F)(F)F. The van der Waals surface area contributed by atoms with Crippen molar-refractivity contribution >= 4 is 29.5 Å². The Morgan fingerprint density at radius 3 is 1.96 bits per heavy atom. The number of alkyl halides is 3. The standard InChI is InChI=1S/C33H35F4N5O6/c1-19(30(46)42-25(15-16-27(38)43)29(45)33(35,36)37)40-32(48)26(17-20-5-3-2-4-6-20)41-28(44)18-39-31(47)23-9-7-21(8-10-23)22-11-13-24(34)14-12-22/h2-14,19,25-26,29,45H,15-18H2,1H3,(H2,38,43)(H,39,47)(H,40,48)(H,41,44)(H,42,46)/t19-,25?,26-,29?/m0/s1. The second-order valence-corrected chi connectivity index (χ2v) is 10.9. The Kier molecular flexibility index (Phi) is 13.2. The van der Waals surface area contributed by atoms with Crippen LogP contribution < -0.4 is 27.0 Å². The van der Waals surface area contributed by atoms with Gasteiger partial charge >= 0.3 is 6.18 Å². The van der Waals surface area contributed by atoms with Gasteiger partial charge in [0.2, 0.25) is 23.6 Å². The zero-order valence-electron chi connectivity index (χ0n) is 25.7. The summed E-state index contributed by atoms with van der Waals surface area (Å²) in [6.07, 6.45) is -9.33. The van der Waals surface area contributed by atoms with Crippen molar-refractivity contribution in [1.82, 2.24) is 21.3 Å². The van der Waals surface area contributed by atoms with E-state index in [1.54, 1.807) is 54.6 Å². The maximum Gasteiger partial charge on any atom is 0.416 e. The molecule has 3 rings (SSSR count). The van der Waals surface area contributed by atoms with E-state index in [4.69, 9.17) is 5.73 Å². The van der Waals surface area contributed by atoms with Crippen molar-refractivity contribution in [3.63, 3.8) is 0 Å². The number of nitrogens with one attached hydrogen (secondary N) is 4. The van der Waals surface area contributed by atoms with E-state index in [0.717, 1.165) is 11.1 Å². The molecule has 0 aromatic heterocycles.